The molecule has 2 rings (SSSR count). The molecular weight excluding hydrogens is 266 g/mol. The van der Waals surface area contributed by atoms with Crippen LogP contribution in [0.1, 0.15) is 37.3 Å². The number of carbonyl (C=O) groups excluding carboxylic acids is 1. The molecule has 0 fully saturated rings. The van der Waals surface area contributed by atoms with Crippen molar-refractivity contribution in [2.24, 2.45) is 11.1 Å². The summed E-state index contributed by atoms with van der Waals surface area (Å²) < 4.78 is 0. The second kappa shape index (κ2) is 4.93. The Morgan fingerprint density at radius 2 is 2.33 bits per heavy atom. The molecule has 1 aliphatic carbocycles. The summed E-state index contributed by atoms with van der Waals surface area (Å²) in [6, 6.07) is 0. The van der Waals surface area contributed by atoms with Crippen molar-refractivity contribution in [3.8, 4) is 0 Å². The van der Waals surface area contributed by atoms with Gasteiger partial charge in [0.1, 0.15) is 0 Å². The van der Waals surface area contributed by atoms with Crippen LogP contribution in [0.4, 0.5) is 5.13 Å². The lowest BCUT2D eigenvalue weighted by atomic mass is 9.86. The number of nitrogens with one attached hydrogen (secondary N) is 1. The fraction of sp³-hybridized carbons (Fsp3) is 0.583. The van der Waals surface area contributed by atoms with E-state index in [9.17, 15) is 4.79 Å². The topological polar surface area (TPSA) is 68.0 Å². The Bertz CT molecular complexity index is 476. The largest absolute Gasteiger partial charge is 0.392 e. The molecule has 0 bridgehead atoms. The van der Waals surface area contributed by atoms with Crippen molar-refractivity contribution in [1.82, 2.24) is 4.98 Å². The highest BCUT2D eigenvalue weighted by Gasteiger charge is 2.35. The van der Waals surface area contributed by atoms with Crippen LogP contribution in [0.25, 0.3) is 0 Å². The quantitative estimate of drug-likeness (QED) is 0.832. The molecule has 0 aliphatic heterocycles. The molecule has 3 N–H and O–H groups in total. The third-order valence-electron chi connectivity index (χ3n) is 3.57. The van der Waals surface area contributed by atoms with Crippen molar-refractivity contribution < 1.29 is 4.79 Å². The van der Waals surface area contributed by atoms with Gasteiger partial charge in [0.15, 0.2) is 5.13 Å². The van der Waals surface area contributed by atoms with E-state index in [1.165, 1.54) is 11.3 Å². The molecule has 0 spiro atoms. The van der Waals surface area contributed by atoms with E-state index in [2.05, 4.69) is 10.3 Å². The van der Waals surface area contributed by atoms with Gasteiger partial charge in [-0.25, -0.2) is 4.98 Å². The maximum absolute atomic E-state index is 12.2. The first kappa shape index (κ1) is 13.4. The number of hydrogen-bond acceptors (Lipinski definition) is 4. The molecule has 4 nitrogen and oxygen atoms in total. The number of thiocarbonyl (C=S) groups is 1. The van der Waals surface area contributed by atoms with E-state index in [1.807, 2.05) is 6.92 Å². The zero-order valence-corrected chi connectivity index (χ0v) is 12.2. The summed E-state index contributed by atoms with van der Waals surface area (Å²) in [5.74, 6) is -0.162. The summed E-state index contributed by atoms with van der Waals surface area (Å²) in [7, 11) is 0. The van der Waals surface area contributed by atoms with E-state index in [4.69, 9.17) is 18.0 Å². The maximum Gasteiger partial charge on any atom is 0.238 e. The Balaban J connectivity index is 2.13. The third kappa shape index (κ3) is 2.27. The van der Waals surface area contributed by atoms with Gasteiger partial charge in [-0.1, -0.05) is 19.1 Å². The summed E-state index contributed by atoms with van der Waals surface area (Å²) in [4.78, 5) is 18.2. The van der Waals surface area contributed by atoms with Gasteiger partial charge in [0.05, 0.1) is 16.1 Å². The predicted octanol–water partition coefficient (Wildman–Crippen LogP) is 2.27. The summed E-state index contributed by atoms with van der Waals surface area (Å²) in [5, 5.41) is 3.51. The molecule has 98 valence electrons. The first-order valence-electron chi connectivity index (χ1n) is 6.07. The summed E-state index contributed by atoms with van der Waals surface area (Å²) in [6.07, 6.45) is 3.84. The van der Waals surface area contributed by atoms with Crippen molar-refractivity contribution in [3.05, 3.63) is 10.6 Å². The van der Waals surface area contributed by atoms with Crippen LogP contribution >= 0.6 is 23.6 Å². The Morgan fingerprint density at radius 1 is 1.61 bits per heavy atom. The minimum atomic E-state index is -0.800. The second-order valence-electron chi connectivity index (χ2n) is 4.75. The minimum absolute atomic E-state index is 0.162. The van der Waals surface area contributed by atoms with Crippen LogP contribution in [-0.4, -0.2) is 15.9 Å². The second-order valence-corrected chi connectivity index (χ2v) is 6.27. The van der Waals surface area contributed by atoms with Crippen molar-refractivity contribution in [1.29, 1.82) is 0 Å². The van der Waals surface area contributed by atoms with Crippen LogP contribution in [0.15, 0.2) is 0 Å². The van der Waals surface area contributed by atoms with Crippen LogP contribution in [0, 0.1) is 5.41 Å². The Morgan fingerprint density at radius 3 is 2.89 bits per heavy atom. The molecule has 0 saturated carbocycles. The standard InChI is InChI=1S/C12H17N3OS2/c1-3-12(2,9(13)17)10(16)15-11-14-7-5-4-6-8(7)18-11/h3-6H2,1-2H3,(H2,13,17)(H,14,15,16). The van der Waals surface area contributed by atoms with Gasteiger partial charge in [0, 0.05) is 4.88 Å². The Hall–Kier alpha value is -1.01. The average Bonchev–Trinajstić information content (AvgIpc) is 2.87. The molecule has 6 heteroatoms. The molecule has 1 aromatic heterocycles. The molecule has 0 saturated heterocycles. The number of rotatable bonds is 4. The van der Waals surface area contributed by atoms with Gasteiger partial charge in [-0.3, -0.25) is 4.79 Å². The first-order chi connectivity index (χ1) is 8.47. The van der Waals surface area contributed by atoms with E-state index < -0.39 is 5.41 Å². The van der Waals surface area contributed by atoms with E-state index in [0.717, 1.165) is 18.5 Å². The molecule has 1 heterocycles. The number of anilines is 1. The number of hydrogen-bond donors (Lipinski definition) is 2. The summed E-state index contributed by atoms with van der Waals surface area (Å²) >= 11 is 6.55. The van der Waals surface area contributed by atoms with Crippen molar-refractivity contribution in [2.75, 3.05) is 5.32 Å². The molecule has 1 unspecified atom stereocenters. The smallest absolute Gasteiger partial charge is 0.238 e. The number of carbonyl (C=O) groups is 1. The van der Waals surface area contributed by atoms with Crippen LogP contribution in [0.3, 0.4) is 0 Å². The predicted molar refractivity (Wildman–Crippen MR) is 78.0 cm³/mol. The fourth-order valence-electron chi connectivity index (χ4n) is 1.93. The molecule has 1 aromatic rings. The molecule has 18 heavy (non-hydrogen) atoms. The lowest BCUT2D eigenvalue weighted by Crippen LogP contribution is -2.43. The van der Waals surface area contributed by atoms with E-state index in [0.29, 0.717) is 11.6 Å². The Kier molecular flexibility index (Phi) is 3.68. The minimum Gasteiger partial charge on any atom is -0.392 e. The van der Waals surface area contributed by atoms with Crippen LogP contribution in [-0.2, 0) is 17.6 Å². The summed E-state index contributed by atoms with van der Waals surface area (Å²) in [6.45, 7) is 3.67. The molecule has 1 amide bonds. The number of nitrogens with two attached hydrogens (primary N) is 1. The van der Waals surface area contributed by atoms with Gasteiger partial charge < -0.3 is 11.1 Å². The van der Waals surface area contributed by atoms with Gasteiger partial charge in [-0.15, -0.1) is 11.3 Å². The number of amides is 1. The molecule has 1 atom stereocenters. The van der Waals surface area contributed by atoms with Crippen molar-refractivity contribution in [2.45, 2.75) is 39.5 Å². The number of thiazole rings is 1. The SMILES string of the molecule is CCC(C)(C(=O)Nc1nc2c(s1)CCC2)C(N)=S. The summed E-state index contributed by atoms with van der Waals surface area (Å²) in [5.41, 5.74) is 5.99. The van der Waals surface area contributed by atoms with Gasteiger partial charge in [0.25, 0.3) is 0 Å². The van der Waals surface area contributed by atoms with Crippen molar-refractivity contribution in [3.63, 3.8) is 0 Å². The number of aromatic nitrogens is 1. The van der Waals surface area contributed by atoms with Gasteiger partial charge in [-0.05, 0) is 32.6 Å². The number of fused-ring (bicyclic) bond motifs is 1. The highest BCUT2D eigenvalue weighted by Crippen LogP contribution is 2.32. The number of nitrogens with zero attached hydrogens (tertiary/aromatic N) is 1. The molecule has 0 aromatic carbocycles. The monoisotopic (exact) mass is 283 g/mol. The van der Waals surface area contributed by atoms with Crippen LogP contribution < -0.4 is 11.1 Å². The van der Waals surface area contributed by atoms with E-state index in [1.54, 1.807) is 18.3 Å². The van der Waals surface area contributed by atoms with E-state index in [-0.39, 0.29) is 10.9 Å². The first-order valence-corrected chi connectivity index (χ1v) is 7.29. The zero-order valence-electron chi connectivity index (χ0n) is 10.6. The van der Waals surface area contributed by atoms with Crippen molar-refractivity contribution >= 4 is 39.6 Å². The highest BCUT2D eigenvalue weighted by molar-refractivity contribution is 7.80. The molecule has 1 aliphatic rings. The zero-order chi connectivity index (χ0) is 13.3. The maximum atomic E-state index is 12.2. The lowest BCUT2D eigenvalue weighted by Gasteiger charge is -2.24. The van der Waals surface area contributed by atoms with Crippen LogP contribution in [0.2, 0.25) is 0 Å². The molecule has 0 radical (unpaired) electrons. The van der Waals surface area contributed by atoms with Gasteiger partial charge >= 0.3 is 0 Å². The van der Waals surface area contributed by atoms with Crippen LogP contribution in [0.5, 0.6) is 0 Å². The lowest BCUT2D eigenvalue weighted by molar-refractivity contribution is -0.121. The number of aryl methyl sites for hydroxylation is 2. The van der Waals surface area contributed by atoms with Gasteiger partial charge in [0.2, 0.25) is 5.91 Å². The van der Waals surface area contributed by atoms with Gasteiger partial charge in [-0.2, -0.15) is 0 Å². The third-order valence-corrected chi connectivity index (χ3v) is 5.09. The normalized spacial score (nSPS) is 17.0. The molecular formula is C12H17N3OS2. The Labute approximate surface area is 116 Å². The highest BCUT2D eigenvalue weighted by atomic mass is 32.1. The van der Waals surface area contributed by atoms with E-state index >= 15 is 0 Å². The average molecular weight is 283 g/mol. The fourth-order valence-corrected chi connectivity index (χ4v) is 3.21.